The van der Waals surface area contributed by atoms with E-state index in [0.717, 1.165) is 32.1 Å². The van der Waals surface area contributed by atoms with Gasteiger partial charge in [0.25, 0.3) is 0 Å². The van der Waals surface area contributed by atoms with E-state index in [9.17, 15) is 14.4 Å². The summed E-state index contributed by atoms with van der Waals surface area (Å²) in [5.41, 5.74) is 2.73. The van der Waals surface area contributed by atoms with Crippen molar-refractivity contribution < 1.29 is 29.3 Å². The summed E-state index contributed by atoms with van der Waals surface area (Å²) in [5, 5.41) is 18.0. The number of rotatable bonds is 11. The highest BCUT2D eigenvalue weighted by Crippen LogP contribution is 2.36. The maximum atomic E-state index is 12.6. The van der Waals surface area contributed by atoms with Gasteiger partial charge in [-0.3, -0.25) is 4.79 Å². The highest BCUT2D eigenvalue weighted by atomic mass is 16.5. The predicted molar refractivity (Wildman–Crippen MR) is 128 cm³/mol. The second kappa shape index (κ2) is 11.6. The lowest BCUT2D eigenvalue weighted by Crippen LogP contribution is -2.39. The zero-order valence-electron chi connectivity index (χ0n) is 19.9. The first-order valence-electron chi connectivity index (χ1n) is 11.3. The Kier molecular flexibility index (Phi) is 9.21. The molecule has 1 aliphatic rings. The maximum absolute atomic E-state index is 12.6. The van der Waals surface area contributed by atoms with Crippen LogP contribution in [0.3, 0.4) is 0 Å². The van der Waals surface area contributed by atoms with E-state index in [2.05, 4.69) is 26.0 Å². The molecule has 6 nitrogen and oxygen atoms in total. The van der Waals surface area contributed by atoms with Crippen molar-refractivity contribution in [2.24, 2.45) is 0 Å². The molecule has 1 aromatic carbocycles. The molecule has 0 aliphatic carbocycles. The summed E-state index contributed by atoms with van der Waals surface area (Å²) < 4.78 is 6.09. The molecule has 6 heteroatoms. The molecule has 178 valence electrons. The Morgan fingerprint density at radius 2 is 1.61 bits per heavy atom. The normalized spacial score (nSPS) is 19.2. The van der Waals surface area contributed by atoms with E-state index < -0.39 is 17.5 Å². The van der Waals surface area contributed by atoms with E-state index in [0.29, 0.717) is 23.3 Å². The van der Waals surface area contributed by atoms with Crippen LogP contribution in [0.15, 0.2) is 53.1 Å². The lowest BCUT2D eigenvalue weighted by molar-refractivity contribution is -0.132. The molecule has 1 aliphatic heterocycles. The molecule has 0 aromatic heterocycles. The van der Waals surface area contributed by atoms with Crippen LogP contribution in [0.5, 0.6) is 5.75 Å². The monoisotopic (exact) mass is 454 g/mol. The number of carbonyl (C=O) groups excluding carboxylic acids is 1. The average molecular weight is 455 g/mol. The number of hydrogen-bond acceptors (Lipinski definition) is 4. The smallest absolute Gasteiger partial charge is 0.335 e. The van der Waals surface area contributed by atoms with Crippen molar-refractivity contribution in [2.75, 3.05) is 0 Å². The fourth-order valence-electron chi connectivity index (χ4n) is 3.82. The van der Waals surface area contributed by atoms with Crippen LogP contribution in [0.2, 0.25) is 0 Å². The minimum absolute atomic E-state index is 0.0865. The molecule has 0 saturated heterocycles. The fourth-order valence-corrected chi connectivity index (χ4v) is 3.82. The number of aliphatic carboxylic acids is 1. The molecular formula is C27H34O6. The third-order valence-corrected chi connectivity index (χ3v) is 5.94. The van der Waals surface area contributed by atoms with Gasteiger partial charge in [0.05, 0.1) is 17.5 Å². The van der Waals surface area contributed by atoms with Crippen molar-refractivity contribution in [3.8, 4) is 5.75 Å². The predicted octanol–water partition coefficient (Wildman–Crippen LogP) is 6.37. The van der Waals surface area contributed by atoms with Gasteiger partial charge in [0.1, 0.15) is 11.4 Å². The molecule has 1 unspecified atom stereocenters. The van der Waals surface area contributed by atoms with Crippen molar-refractivity contribution in [2.45, 2.75) is 78.2 Å². The number of hydrogen-bond donors (Lipinski definition) is 2. The lowest BCUT2D eigenvalue weighted by Gasteiger charge is -2.35. The standard InChI is InChI=1S/C27H34O6/c1-18(10-6-12-20(3)25(29)30)8-5-9-19(2)11-7-15-27(4)17-23(28)22-16-21(26(31)32)13-14-24(22)33-27/h8,11-14,16H,5-7,9-10,15,17H2,1-4H3,(H,29,30)(H,31,32)/b18-8+,19-11+,20-12-. The average Bonchev–Trinajstić information content (AvgIpc) is 2.73. The molecule has 1 atom stereocenters. The van der Waals surface area contributed by atoms with Crippen molar-refractivity contribution in [1.29, 1.82) is 0 Å². The number of carbonyl (C=O) groups is 3. The molecule has 0 spiro atoms. The number of benzene rings is 1. The van der Waals surface area contributed by atoms with Gasteiger partial charge in [-0.15, -0.1) is 0 Å². The van der Waals surface area contributed by atoms with Crippen molar-refractivity contribution >= 4 is 17.7 Å². The summed E-state index contributed by atoms with van der Waals surface area (Å²) in [6, 6.07) is 4.43. The van der Waals surface area contributed by atoms with Gasteiger partial charge in [-0.05, 0) is 84.4 Å². The summed E-state index contributed by atoms with van der Waals surface area (Å²) in [6.07, 6.45) is 11.3. The van der Waals surface area contributed by atoms with Crippen LogP contribution in [0, 0.1) is 0 Å². The topological polar surface area (TPSA) is 101 Å². The van der Waals surface area contributed by atoms with Gasteiger partial charge in [-0.25, -0.2) is 9.59 Å². The highest BCUT2D eigenvalue weighted by Gasteiger charge is 2.36. The molecule has 1 aromatic rings. The summed E-state index contributed by atoms with van der Waals surface area (Å²) in [6.45, 7) is 7.70. The molecule has 2 rings (SSSR count). The summed E-state index contributed by atoms with van der Waals surface area (Å²) in [7, 11) is 0. The molecule has 2 N–H and O–H groups in total. The minimum Gasteiger partial charge on any atom is -0.486 e. The Morgan fingerprint density at radius 3 is 2.21 bits per heavy atom. The van der Waals surface area contributed by atoms with Gasteiger partial charge >= 0.3 is 11.9 Å². The zero-order chi connectivity index (χ0) is 24.6. The first kappa shape index (κ1) is 26.1. The number of ether oxygens (including phenoxy) is 1. The molecule has 0 saturated carbocycles. The summed E-state index contributed by atoms with van der Waals surface area (Å²) >= 11 is 0. The Morgan fingerprint density at radius 1 is 1.00 bits per heavy atom. The van der Waals surface area contributed by atoms with E-state index in [1.165, 1.54) is 23.3 Å². The van der Waals surface area contributed by atoms with Crippen molar-refractivity contribution in [3.05, 3.63) is 64.3 Å². The number of aromatic carboxylic acids is 1. The van der Waals surface area contributed by atoms with E-state index in [-0.39, 0.29) is 17.8 Å². The molecule has 33 heavy (non-hydrogen) atoms. The lowest BCUT2D eigenvalue weighted by atomic mass is 9.87. The van der Waals surface area contributed by atoms with E-state index in [1.807, 2.05) is 6.92 Å². The van der Waals surface area contributed by atoms with Gasteiger partial charge in [0.15, 0.2) is 5.78 Å². The first-order valence-corrected chi connectivity index (χ1v) is 11.3. The maximum Gasteiger partial charge on any atom is 0.335 e. The Balaban J connectivity index is 1.83. The minimum atomic E-state index is -1.06. The second-order valence-electron chi connectivity index (χ2n) is 9.08. The number of ketones is 1. The van der Waals surface area contributed by atoms with Crippen LogP contribution in [0.25, 0.3) is 0 Å². The largest absolute Gasteiger partial charge is 0.486 e. The summed E-state index contributed by atoms with van der Waals surface area (Å²) in [4.78, 5) is 34.5. The van der Waals surface area contributed by atoms with Gasteiger partial charge in [0, 0.05) is 5.57 Å². The van der Waals surface area contributed by atoms with E-state index >= 15 is 0 Å². The Labute approximate surface area is 195 Å². The molecular weight excluding hydrogens is 420 g/mol. The number of Topliss-reactive ketones (excluding diaryl/α,β-unsaturated/α-hetero) is 1. The quantitative estimate of drug-likeness (QED) is 0.297. The van der Waals surface area contributed by atoms with Crippen LogP contribution in [-0.4, -0.2) is 33.5 Å². The van der Waals surface area contributed by atoms with Gasteiger partial charge in [0.2, 0.25) is 0 Å². The number of carboxylic acids is 2. The van der Waals surface area contributed by atoms with Gasteiger partial charge in [-0.2, -0.15) is 0 Å². The van der Waals surface area contributed by atoms with Crippen molar-refractivity contribution in [3.63, 3.8) is 0 Å². The van der Waals surface area contributed by atoms with E-state index in [4.69, 9.17) is 14.9 Å². The SMILES string of the molecule is C/C(=C/CC/C(C)=C/CC/C(C)=C/CCC1(C)CC(=O)c2cc(C(=O)O)ccc2O1)C(=O)O. The van der Waals surface area contributed by atoms with E-state index in [1.54, 1.807) is 19.1 Å². The van der Waals surface area contributed by atoms with Crippen LogP contribution < -0.4 is 4.74 Å². The third kappa shape index (κ3) is 8.04. The van der Waals surface area contributed by atoms with Crippen molar-refractivity contribution in [1.82, 2.24) is 0 Å². The number of fused-ring (bicyclic) bond motifs is 1. The molecule has 0 radical (unpaired) electrons. The first-order chi connectivity index (χ1) is 15.5. The molecule has 1 heterocycles. The van der Waals surface area contributed by atoms with Gasteiger partial charge < -0.3 is 14.9 Å². The Bertz CT molecular complexity index is 998. The summed E-state index contributed by atoms with van der Waals surface area (Å²) in [5.74, 6) is -1.56. The highest BCUT2D eigenvalue weighted by molar-refractivity contribution is 6.02. The van der Waals surface area contributed by atoms with Crippen LogP contribution in [0.4, 0.5) is 0 Å². The van der Waals surface area contributed by atoms with Gasteiger partial charge in [-0.1, -0.05) is 29.4 Å². The fraction of sp³-hybridized carbons (Fsp3) is 0.444. The van der Waals surface area contributed by atoms with Crippen LogP contribution >= 0.6 is 0 Å². The molecule has 0 fully saturated rings. The van der Waals surface area contributed by atoms with Crippen LogP contribution in [0.1, 0.15) is 93.4 Å². The van der Waals surface area contributed by atoms with Crippen LogP contribution in [-0.2, 0) is 4.79 Å². The third-order valence-electron chi connectivity index (χ3n) is 5.94. The Hall–Kier alpha value is -3.15. The number of carboxylic acid groups (broad SMARTS) is 2. The molecule has 0 bridgehead atoms. The number of allylic oxidation sites excluding steroid dienone is 5. The second-order valence-corrected chi connectivity index (χ2v) is 9.08. The molecule has 0 amide bonds. The zero-order valence-corrected chi connectivity index (χ0v) is 19.9.